The smallest absolute Gasteiger partial charge is 0.306 e. The normalized spacial score (nSPS) is 19.6. The number of carboxylic acids is 1. The number of hydrogen-bond acceptors (Lipinski definition) is 4. The highest BCUT2D eigenvalue weighted by Crippen LogP contribution is 2.30. The maximum atomic E-state index is 12.4. The number of nitrogens with one attached hydrogen (secondary N) is 2. The second-order valence-electron chi connectivity index (χ2n) is 6.32. The van der Waals surface area contributed by atoms with Gasteiger partial charge in [-0.25, -0.2) is 0 Å². The fraction of sp³-hybridized carbons (Fsp3) is 0.500. The number of carbonyl (C=O) groups excluding carboxylic acids is 2. The van der Waals surface area contributed by atoms with Crippen LogP contribution in [-0.4, -0.2) is 43.2 Å². The van der Waals surface area contributed by atoms with Gasteiger partial charge in [-0.15, -0.1) is 0 Å². The van der Waals surface area contributed by atoms with Gasteiger partial charge in [0, 0.05) is 25.3 Å². The number of halogens is 1. The predicted molar refractivity (Wildman–Crippen MR) is 97.4 cm³/mol. The molecule has 0 spiro atoms. The number of methoxy groups -OCH3 is 1. The summed E-state index contributed by atoms with van der Waals surface area (Å²) in [5.41, 5.74) is 0.830. The van der Waals surface area contributed by atoms with Gasteiger partial charge in [0.25, 0.3) is 5.91 Å². The minimum atomic E-state index is -0.796. The van der Waals surface area contributed by atoms with Crippen molar-refractivity contribution >= 4 is 35.1 Å². The molecule has 1 saturated carbocycles. The first-order valence-electron chi connectivity index (χ1n) is 8.52. The van der Waals surface area contributed by atoms with Crippen molar-refractivity contribution in [1.82, 2.24) is 5.32 Å². The predicted octanol–water partition coefficient (Wildman–Crippen LogP) is 2.55. The van der Waals surface area contributed by atoms with Crippen molar-refractivity contribution in [3.63, 3.8) is 0 Å². The van der Waals surface area contributed by atoms with Gasteiger partial charge in [-0.3, -0.25) is 14.4 Å². The van der Waals surface area contributed by atoms with Gasteiger partial charge < -0.3 is 20.5 Å². The van der Waals surface area contributed by atoms with Crippen LogP contribution in [0.15, 0.2) is 18.2 Å². The van der Waals surface area contributed by atoms with Gasteiger partial charge in [0.15, 0.2) is 0 Å². The third-order valence-corrected chi connectivity index (χ3v) is 4.83. The Hall–Kier alpha value is -2.12. The zero-order valence-corrected chi connectivity index (χ0v) is 15.3. The van der Waals surface area contributed by atoms with E-state index in [2.05, 4.69) is 10.6 Å². The van der Waals surface area contributed by atoms with Crippen LogP contribution in [0.3, 0.4) is 0 Å². The summed E-state index contributed by atoms with van der Waals surface area (Å²) in [5.74, 6) is -1.82. The van der Waals surface area contributed by atoms with Crippen molar-refractivity contribution in [2.24, 2.45) is 11.8 Å². The van der Waals surface area contributed by atoms with Gasteiger partial charge in [0.05, 0.1) is 23.1 Å². The molecule has 142 valence electrons. The SMILES string of the molecule is COCCNC(=O)c1ccc(NC(=O)C2CCC(C(=O)O)CC2)cc1Cl. The number of carboxylic acid groups (broad SMARTS) is 1. The number of rotatable bonds is 7. The van der Waals surface area contributed by atoms with Crippen molar-refractivity contribution in [3.8, 4) is 0 Å². The van der Waals surface area contributed by atoms with Crippen LogP contribution < -0.4 is 10.6 Å². The van der Waals surface area contributed by atoms with Crippen molar-refractivity contribution in [1.29, 1.82) is 0 Å². The minimum Gasteiger partial charge on any atom is -0.481 e. The van der Waals surface area contributed by atoms with E-state index in [9.17, 15) is 14.4 Å². The van der Waals surface area contributed by atoms with Crippen molar-refractivity contribution < 1.29 is 24.2 Å². The number of anilines is 1. The van der Waals surface area contributed by atoms with Gasteiger partial charge >= 0.3 is 5.97 Å². The number of amides is 2. The van der Waals surface area contributed by atoms with Crippen LogP contribution in [0.5, 0.6) is 0 Å². The molecule has 1 aromatic carbocycles. The van der Waals surface area contributed by atoms with E-state index >= 15 is 0 Å². The Labute approximate surface area is 157 Å². The number of hydrogen-bond donors (Lipinski definition) is 3. The highest BCUT2D eigenvalue weighted by molar-refractivity contribution is 6.34. The molecule has 2 rings (SSSR count). The summed E-state index contributed by atoms with van der Waals surface area (Å²) in [6.07, 6.45) is 2.12. The molecular weight excluding hydrogens is 360 g/mol. The zero-order valence-electron chi connectivity index (χ0n) is 14.6. The molecule has 0 saturated heterocycles. The molecule has 0 unspecified atom stereocenters. The van der Waals surface area contributed by atoms with Crippen molar-refractivity contribution in [2.45, 2.75) is 25.7 Å². The molecule has 1 aromatic rings. The summed E-state index contributed by atoms with van der Waals surface area (Å²) < 4.78 is 4.87. The van der Waals surface area contributed by atoms with E-state index in [-0.39, 0.29) is 28.7 Å². The van der Waals surface area contributed by atoms with E-state index in [0.717, 1.165) is 0 Å². The number of ether oxygens (including phenoxy) is 1. The van der Waals surface area contributed by atoms with Gasteiger partial charge in [-0.1, -0.05) is 11.6 Å². The van der Waals surface area contributed by atoms with Gasteiger partial charge in [-0.05, 0) is 43.9 Å². The Morgan fingerprint density at radius 2 is 1.85 bits per heavy atom. The van der Waals surface area contributed by atoms with Crippen molar-refractivity contribution in [3.05, 3.63) is 28.8 Å². The van der Waals surface area contributed by atoms with Gasteiger partial charge in [0.1, 0.15) is 0 Å². The highest BCUT2D eigenvalue weighted by Gasteiger charge is 2.29. The second-order valence-corrected chi connectivity index (χ2v) is 6.73. The molecule has 7 nitrogen and oxygen atoms in total. The Morgan fingerprint density at radius 1 is 1.19 bits per heavy atom. The largest absolute Gasteiger partial charge is 0.481 e. The molecule has 8 heteroatoms. The molecule has 3 N–H and O–H groups in total. The third kappa shape index (κ3) is 5.44. The number of carbonyl (C=O) groups is 3. The monoisotopic (exact) mass is 382 g/mol. The summed E-state index contributed by atoms with van der Waals surface area (Å²) in [5, 5.41) is 14.7. The fourth-order valence-electron chi connectivity index (χ4n) is 2.99. The average Bonchev–Trinajstić information content (AvgIpc) is 2.62. The molecule has 26 heavy (non-hydrogen) atoms. The molecule has 0 aromatic heterocycles. The second kappa shape index (κ2) is 9.54. The first kappa shape index (κ1) is 20.2. The summed E-state index contributed by atoms with van der Waals surface area (Å²) in [6, 6.07) is 4.72. The fourth-order valence-corrected chi connectivity index (χ4v) is 3.25. The third-order valence-electron chi connectivity index (χ3n) is 4.52. The maximum Gasteiger partial charge on any atom is 0.306 e. The number of benzene rings is 1. The summed E-state index contributed by atoms with van der Waals surface area (Å²) in [7, 11) is 1.55. The topological polar surface area (TPSA) is 105 Å². The van der Waals surface area contributed by atoms with E-state index in [1.54, 1.807) is 19.2 Å². The molecule has 0 heterocycles. The lowest BCUT2D eigenvalue weighted by molar-refractivity contribution is -0.143. The zero-order chi connectivity index (χ0) is 19.1. The molecule has 1 fully saturated rings. The quantitative estimate of drug-likeness (QED) is 0.628. The van der Waals surface area contributed by atoms with Crippen LogP contribution in [0.4, 0.5) is 5.69 Å². The van der Waals surface area contributed by atoms with E-state index in [1.165, 1.54) is 6.07 Å². The Kier molecular flexibility index (Phi) is 7.41. The highest BCUT2D eigenvalue weighted by atomic mass is 35.5. The molecular formula is C18H23ClN2O5. The molecule has 0 radical (unpaired) electrons. The number of aliphatic carboxylic acids is 1. The Balaban J connectivity index is 1.92. The summed E-state index contributed by atoms with van der Waals surface area (Å²) in [4.78, 5) is 35.3. The first-order valence-corrected chi connectivity index (χ1v) is 8.90. The minimum absolute atomic E-state index is 0.151. The Bertz CT molecular complexity index is 672. The van der Waals surface area contributed by atoms with Gasteiger partial charge in [-0.2, -0.15) is 0 Å². The molecule has 1 aliphatic rings. The molecule has 0 aliphatic heterocycles. The van der Waals surface area contributed by atoms with Crippen LogP contribution in [0.1, 0.15) is 36.0 Å². The molecule has 1 aliphatic carbocycles. The van der Waals surface area contributed by atoms with E-state index in [4.69, 9.17) is 21.4 Å². The lowest BCUT2D eigenvalue weighted by atomic mass is 9.81. The standard InChI is InChI=1S/C18H23ClN2O5/c1-26-9-8-20-17(23)14-7-6-13(10-15(14)19)21-16(22)11-2-4-12(5-3-11)18(24)25/h6-7,10-12H,2-5,8-9H2,1H3,(H,20,23)(H,21,22)(H,24,25). The summed E-state index contributed by atoms with van der Waals surface area (Å²) in [6.45, 7) is 0.783. The Morgan fingerprint density at radius 3 is 2.42 bits per heavy atom. The van der Waals surface area contributed by atoms with Crippen LogP contribution in [0.2, 0.25) is 5.02 Å². The van der Waals surface area contributed by atoms with Crippen LogP contribution in [-0.2, 0) is 14.3 Å². The lowest BCUT2D eigenvalue weighted by Gasteiger charge is -2.25. The molecule has 0 atom stereocenters. The van der Waals surface area contributed by atoms with Crippen LogP contribution in [0, 0.1) is 11.8 Å². The summed E-state index contributed by atoms with van der Waals surface area (Å²) >= 11 is 6.15. The van der Waals surface area contributed by atoms with E-state index in [1.807, 2.05) is 0 Å². The van der Waals surface area contributed by atoms with Crippen LogP contribution in [0.25, 0.3) is 0 Å². The first-order chi connectivity index (χ1) is 12.4. The van der Waals surface area contributed by atoms with E-state index < -0.39 is 5.97 Å². The van der Waals surface area contributed by atoms with E-state index in [0.29, 0.717) is 50.1 Å². The van der Waals surface area contributed by atoms with Crippen LogP contribution >= 0.6 is 11.6 Å². The lowest BCUT2D eigenvalue weighted by Crippen LogP contribution is -2.29. The maximum absolute atomic E-state index is 12.4. The molecule has 0 bridgehead atoms. The average molecular weight is 383 g/mol. The van der Waals surface area contributed by atoms with Gasteiger partial charge in [0.2, 0.25) is 5.91 Å². The van der Waals surface area contributed by atoms with Crippen molar-refractivity contribution in [2.75, 3.05) is 25.6 Å². The molecule has 2 amide bonds.